The first-order valence-electron chi connectivity index (χ1n) is 14.7. The number of carbonyl (C=O) groups excluding carboxylic acids is 2. The molecule has 0 radical (unpaired) electrons. The smallest absolute Gasteiger partial charge is 0.255 e. The predicted octanol–water partition coefficient (Wildman–Crippen LogP) is 6.20. The second kappa shape index (κ2) is 11.6. The highest BCUT2D eigenvalue weighted by atomic mass is 16.5. The van der Waals surface area contributed by atoms with Crippen molar-refractivity contribution >= 4 is 34.5 Å². The Kier molecular flexibility index (Phi) is 7.65. The van der Waals surface area contributed by atoms with Gasteiger partial charge in [-0.15, -0.1) is 0 Å². The fourth-order valence-electron chi connectivity index (χ4n) is 5.47. The minimum Gasteiger partial charge on any atom is -0.378 e. The van der Waals surface area contributed by atoms with E-state index in [1.54, 1.807) is 0 Å². The van der Waals surface area contributed by atoms with Crippen LogP contribution in [0.2, 0.25) is 0 Å². The number of H-pyrrole nitrogens is 1. The maximum absolute atomic E-state index is 13.2. The summed E-state index contributed by atoms with van der Waals surface area (Å²) in [5.41, 5.74) is 13.9. The molecule has 0 unspecified atom stereocenters. The fraction of sp³-hybridized carbons (Fsp3) is 0.257. The first kappa shape index (κ1) is 29.1. The quantitative estimate of drug-likeness (QED) is 0.224. The number of benzene rings is 3. The molecule has 0 aliphatic carbocycles. The molecule has 9 heteroatoms. The van der Waals surface area contributed by atoms with E-state index in [0.717, 1.165) is 27.8 Å². The Balaban J connectivity index is 1.28. The Bertz CT molecular complexity index is 1850. The predicted molar refractivity (Wildman–Crippen MR) is 174 cm³/mol. The van der Waals surface area contributed by atoms with Crippen molar-refractivity contribution in [2.45, 2.75) is 33.1 Å². The Morgan fingerprint density at radius 2 is 1.61 bits per heavy atom. The van der Waals surface area contributed by atoms with Gasteiger partial charge >= 0.3 is 0 Å². The van der Waals surface area contributed by atoms with Crippen LogP contribution in [0.25, 0.3) is 33.5 Å². The van der Waals surface area contributed by atoms with Gasteiger partial charge in [0.25, 0.3) is 11.8 Å². The zero-order valence-corrected chi connectivity index (χ0v) is 25.4. The normalized spacial score (nSPS) is 13.7. The molecular formula is C35H36N6O3. The largest absolute Gasteiger partial charge is 0.378 e. The van der Waals surface area contributed by atoms with Gasteiger partial charge < -0.3 is 25.7 Å². The molecule has 6 rings (SSSR count). The Morgan fingerprint density at radius 3 is 2.30 bits per heavy atom. The summed E-state index contributed by atoms with van der Waals surface area (Å²) >= 11 is 0. The zero-order valence-electron chi connectivity index (χ0n) is 25.4. The van der Waals surface area contributed by atoms with Gasteiger partial charge in [-0.3, -0.25) is 9.59 Å². The molecule has 9 nitrogen and oxygen atoms in total. The van der Waals surface area contributed by atoms with E-state index in [4.69, 9.17) is 10.5 Å². The SMILES string of the molecule is Cc1c(NC(=O)c2ccc(C(C)(C)C)cc2)cccc1-c1nc(N)nc2[nH]c(-c3ccc(C(=O)N4CCOCC4)cc3)cc12. The van der Waals surface area contributed by atoms with Gasteiger partial charge in [0.05, 0.1) is 18.9 Å². The molecule has 3 aromatic carbocycles. The highest BCUT2D eigenvalue weighted by Crippen LogP contribution is 2.35. The minimum absolute atomic E-state index is 0.00166. The molecule has 224 valence electrons. The highest BCUT2D eigenvalue weighted by molar-refractivity contribution is 6.05. The number of fused-ring (bicyclic) bond motifs is 1. The van der Waals surface area contributed by atoms with Crippen LogP contribution < -0.4 is 11.1 Å². The van der Waals surface area contributed by atoms with E-state index in [-0.39, 0.29) is 23.2 Å². The van der Waals surface area contributed by atoms with Crippen molar-refractivity contribution in [3.05, 3.63) is 95.1 Å². The summed E-state index contributed by atoms with van der Waals surface area (Å²) in [6, 6.07) is 23.0. The molecule has 0 atom stereocenters. The molecule has 1 aliphatic heterocycles. The molecular weight excluding hydrogens is 552 g/mol. The van der Waals surface area contributed by atoms with Crippen molar-refractivity contribution in [1.29, 1.82) is 0 Å². The van der Waals surface area contributed by atoms with Crippen LogP contribution in [0, 0.1) is 6.92 Å². The molecule has 0 spiro atoms. The van der Waals surface area contributed by atoms with Crippen LogP contribution in [-0.4, -0.2) is 58.0 Å². The number of hydrogen-bond acceptors (Lipinski definition) is 6. The number of rotatable bonds is 5. The maximum atomic E-state index is 13.2. The number of morpholine rings is 1. The van der Waals surface area contributed by atoms with Crippen LogP contribution in [-0.2, 0) is 10.2 Å². The summed E-state index contributed by atoms with van der Waals surface area (Å²) < 4.78 is 5.37. The lowest BCUT2D eigenvalue weighted by atomic mass is 9.86. The van der Waals surface area contributed by atoms with Crippen molar-refractivity contribution in [1.82, 2.24) is 19.9 Å². The number of nitrogens with one attached hydrogen (secondary N) is 2. The van der Waals surface area contributed by atoms with E-state index in [0.29, 0.717) is 54.5 Å². The zero-order chi connectivity index (χ0) is 31.0. The van der Waals surface area contributed by atoms with Crippen molar-refractivity contribution in [2.24, 2.45) is 0 Å². The number of nitrogen functional groups attached to an aromatic ring is 1. The van der Waals surface area contributed by atoms with Crippen molar-refractivity contribution in [3.63, 3.8) is 0 Å². The molecule has 5 aromatic rings. The molecule has 1 aliphatic rings. The number of aromatic amines is 1. The monoisotopic (exact) mass is 588 g/mol. The standard InChI is InChI=1S/C35H36N6O3/c1-21-26(6-5-7-28(21)38-32(42)23-12-14-25(15-13-23)35(2,3)4)30-27-20-29(37-31(27)40-34(36)39-30)22-8-10-24(11-9-22)33(43)41-16-18-44-19-17-41/h5-15,20H,16-19H2,1-4H3,(H,38,42)(H3,36,37,39,40). The number of hydrogen-bond donors (Lipinski definition) is 3. The molecule has 3 heterocycles. The van der Waals surface area contributed by atoms with Gasteiger partial charge in [-0.2, -0.15) is 4.98 Å². The molecule has 2 amide bonds. The number of anilines is 2. The van der Waals surface area contributed by atoms with Crippen LogP contribution >= 0.6 is 0 Å². The molecule has 1 fully saturated rings. The van der Waals surface area contributed by atoms with Crippen LogP contribution in [0.5, 0.6) is 0 Å². The van der Waals surface area contributed by atoms with Gasteiger partial charge in [-0.25, -0.2) is 4.98 Å². The summed E-state index contributed by atoms with van der Waals surface area (Å²) in [6.07, 6.45) is 0. The summed E-state index contributed by atoms with van der Waals surface area (Å²) in [5.74, 6) is -0.0422. The van der Waals surface area contributed by atoms with Crippen molar-refractivity contribution in [3.8, 4) is 22.5 Å². The lowest BCUT2D eigenvalue weighted by molar-refractivity contribution is 0.0303. The molecule has 0 saturated carbocycles. The van der Waals surface area contributed by atoms with E-state index < -0.39 is 0 Å². The third kappa shape index (κ3) is 5.78. The minimum atomic E-state index is -0.183. The van der Waals surface area contributed by atoms with E-state index >= 15 is 0 Å². The van der Waals surface area contributed by atoms with Crippen LogP contribution in [0.15, 0.2) is 72.8 Å². The number of nitrogens with two attached hydrogens (primary N) is 1. The van der Waals surface area contributed by atoms with Crippen molar-refractivity contribution < 1.29 is 14.3 Å². The molecule has 2 aromatic heterocycles. The molecule has 1 saturated heterocycles. The average Bonchev–Trinajstić information content (AvgIpc) is 3.45. The second-order valence-corrected chi connectivity index (χ2v) is 12.1. The van der Waals surface area contributed by atoms with E-state index in [1.807, 2.05) is 84.6 Å². The van der Waals surface area contributed by atoms with Gasteiger partial charge in [0.2, 0.25) is 5.95 Å². The van der Waals surface area contributed by atoms with Crippen molar-refractivity contribution in [2.75, 3.05) is 37.4 Å². The third-order valence-electron chi connectivity index (χ3n) is 8.10. The van der Waals surface area contributed by atoms with Gasteiger partial charge in [-0.1, -0.05) is 57.2 Å². The van der Waals surface area contributed by atoms with Crippen LogP contribution in [0.3, 0.4) is 0 Å². The molecule has 0 bridgehead atoms. The lowest BCUT2D eigenvalue weighted by Crippen LogP contribution is -2.40. The average molecular weight is 589 g/mol. The number of aromatic nitrogens is 3. The lowest BCUT2D eigenvalue weighted by Gasteiger charge is -2.26. The van der Waals surface area contributed by atoms with Gasteiger partial charge in [0.15, 0.2) is 0 Å². The number of nitrogens with zero attached hydrogens (tertiary/aromatic N) is 3. The summed E-state index contributed by atoms with van der Waals surface area (Å²) in [6.45, 7) is 10.7. The summed E-state index contributed by atoms with van der Waals surface area (Å²) in [7, 11) is 0. The first-order chi connectivity index (χ1) is 21.1. The summed E-state index contributed by atoms with van der Waals surface area (Å²) in [4.78, 5) is 40.3. The maximum Gasteiger partial charge on any atom is 0.255 e. The van der Waals surface area contributed by atoms with Crippen LogP contribution in [0.4, 0.5) is 11.6 Å². The number of ether oxygens (including phenoxy) is 1. The topological polar surface area (TPSA) is 126 Å². The van der Waals surface area contributed by atoms with E-state index in [2.05, 4.69) is 41.0 Å². The van der Waals surface area contributed by atoms with Gasteiger partial charge in [0.1, 0.15) is 5.65 Å². The first-order valence-corrected chi connectivity index (χ1v) is 14.7. The fourth-order valence-corrected chi connectivity index (χ4v) is 5.47. The van der Waals surface area contributed by atoms with E-state index in [9.17, 15) is 9.59 Å². The van der Waals surface area contributed by atoms with Gasteiger partial charge in [-0.05, 0) is 65.4 Å². The number of carbonyl (C=O) groups is 2. The summed E-state index contributed by atoms with van der Waals surface area (Å²) in [5, 5.41) is 3.87. The van der Waals surface area contributed by atoms with Crippen LogP contribution in [0.1, 0.15) is 52.6 Å². The second-order valence-electron chi connectivity index (χ2n) is 12.1. The van der Waals surface area contributed by atoms with Gasteiger partial charge in [0, 0.05) is 46.5 Å². The Hall–Kier alpha value is -5.02. The molecule has 4 N–H and O–H groups in total. The third-order valence-corrected chi connectivity index (χ3v) is 8.10. The Labute approximate surface area is 256 Å². The Morgan fingerprint density at radius 1 is 0.932 bits per heavy atom. The molecule has 44 heavy (non-hydrogen) atoms. The number of amides is 2. The highest BCUT2D eigenvalue weighted by Gasteiger charge is 2.20. The van der Waals surface area contributed by atoms with E-state index in [1.165, 1.54) is 5.56 Å².